The number of nitrogens with zero attached hydrogens (tertiary/aromatic N) is 2. The van der Waals surface area contributed by atoms with Gasteiger partial charge < -0.3 is 9.80 Å². The molecule has 1 amide bonds. The minimum atomic E-state index is 0.121. The van der Waals surface area contributed by atoms with Crippen LogP contribution in [0.1, 0.15) is 31.8 Å². The average Bonchev–Trinajstić information content (AvgIpc) is 3.05. The SMILES string of the molecule is CC(C)N(C(=O)C[NH+](C)[C@@H](C)c1nc2ccccc2s1)c1ccccc1. The molecule has 1 unspecified atom stereocenters. The molecule has 3 rings (SSSR count). The van der Waals surface area contributed by atoms with Gasteiger partial charge in [0.1, 0.15) is 6.04 Å². The Morgan fingerprint density at radius 2 is 1.73 bits per heavy atom. The van der Waals surface area contributed by atoms with Gasteiger partial charge in [-0.05, 0) is 45.0 Å². The Hall–Kier alpha value is -2.24. The van der Waals surface area contributed by atoms with Gasteiger partial charge in [-0.1, -0.05) is 30.3 Å². The van der Waals surface area contributed by atoms with Gasteiger partial charge in [0.05, 0.1) is 17.3 Å². The molecule has 0 radical (unpaired) electrons. The number of hydrogen-bond acceptors (Lipinski definition) is 3. The highest BCUT2D eigenvalue weighted by Gasteiger charge is 2.26. The van der Waals surface area contributed by atoms with Gasteiger partial charge in [-0.3, -0.25) is 4.79 Å². The first-order valence-corrected chi connectivity index (χ1v) is 9.84. The summed E-state index contributed by atoms with van der Waals surface area (Å²) >= 11 is 1.72. The van der Waals surface area contributed by atoms with Crippen LogP contribution >= 0.6 is 11.3 Å². The third-order valence-electron chi connectivity index (χ3n) is 4.67. The lowest BCUT2D eigenvalue weighted by Gasteiger charge is -2.29. The molecule has 0 aliphatic heterocycles. The second-order valence-electron chi connectivity index (χ2n) is 6.96. The molecule has 1 N–H and O–H groups in total. The summed E-state index contributed by atoms with van der Waals surface area (Å²) in [4.78, 5) is 20.8. The molecular weight excluding hydrogens is 342 g/mol. The van der Waals surface area contributed by atoms with Crippen molar-refractivity contribution in [1.29, 1.82) is 0 Å². The van der Waals surface area contributed by atoms with E-state index in [1.807, 2.05) is 53.4 Å². The van der Waals surface area contributed by atoms with Crippen molar-refractivity contribution in [2.75, 3.05) is 18.5 Å². The van der Waals surface area contributed by atoms with Crippen LogP contribution in [0.2, 0.25) is 0 Å². The summed E-state index contributed by atoms with van der Waals surface area (Å²) in [6.45, 7) is 6.68. The molecule has 26 heavy (non-hydrogen) atoms. The van der Waals surface area contributed by atoms with E-state index in [1.165, 1.54) is 4.70 Å². The van der Waals surface area contributed by atoms with Gasteiger partial charge in [-0.25, -0.2) is 4.98 Å². The lowest BCUT2D eigenvalue weighted by Crippen LogP contribution is -3.10. The van der Waals surface area contributed by atoms with E-state index in [0.717, 1.165) is 21.1 Å². The van der Waals surface area contributed by atoms with Crippen molar-refractivity contribution < 1.29 is 9.69 Å². The molecular formula is C21H26N3OS+. The largest absolute Gasteiger partial charge is 0.322 e. The average molecular weight is 369 g/mol. The normalized spacial score (nSPS) is 13.7. The number of anilines is 1. The minimum Gasteiger partial charge on any atom is -0.322 e. The molecule has 3 aromatic rings. The molecule has 5 heteroatoms. The Morgan fingerprint density at radius 3 is 2.38 bits per heavy atom. The Morgan fingerprint density at radius 1 is 1.08 bits per heavy atom. The Balaban J connectivity index is 1.74. The van der Waals surface area contributed by atoms with Crippen LogP contribution in [0, 0.1) is 0 Å². The number of thiazole rings is 1. The van der Waals surface area contributed by atoms with E-state index in [-0.39, 0.29) is 18.0 Å². The van der Waals surface area contributed by atoms with Crippen molar-refractivity contribution in [3.05, 3.63) is 59.6 Å². The zero-order valence-corrected chi connectivity index (χ0v) is 16.6. The molecule has 0 aliphatic carbocycles. The summed E-state index contributed by atoms with van der Waals surface area (Å²) in [5.41, 5.74) is 1.99. The summed E-state index contributed by atoms with van der Waals surface area (Å²) in [7, 11) is 2.07. The first-order valence-electron chi connectivity index (χ1n) is 9.02. The van der Waals surface area contributed by atoms with Crippen molar-refractivity contribution in [1.82, 2.24) is 4.98 Å². The summed E-state index contributed by atoms with van der Waals surface area (Å²) in [6.07, 6.45) is 0. The van der Waals surface area contributed by atoms with E-state index in [1.54, 1.807) is 11.3 Å². The molecule has 1 aromatic heterocycles. The smallest absolute Gasteiger partial charge is 0.282 e. The fourth-order valence-electron chi connectivity index (χ4n) is 3.08. The standard InChI is InChI=1S/C21H25N3OS/c1-15(2)24(17-10-6-5-7-11-17)20(25)14-23(4)16(3)21-22-18-12-8-9-13-19(18)26-21/h5-13,15-16H,14H2,1-4H3/p+1/t16-/m0/s1. The van der Waals surface area contributed by atoms with Crippen molar-refractivity contribution in [2.24, 2.45) is 0 Å². The third-order valence-corrected chi connectivity index (χ3v) is 5.89. The van der Waals surface area contributed by atoms with Crippen molar-refractivity contribution in [3.63, 3.8) is 0 Å². The number of likely N-dealkylation sites (N-methyl/N-ethyl adjacent to an activating group) is 1. The van der Waals surface area contributed by atoms with Crippen molar-refractivity contribution in [2.45, 2.75) is 32.9 Å². The number of quaternary nitrogens is 1. The number of hydrogen-bond donors (Lipinski definition) is 1. The van der Waals surface area contributed by atoms with Crippen molar-refractivity contribution >= 4 is 33.1 Å². The van der Waals surface area contributed by atoms with Gasteiger partial charge in [0, 0.05) is 11.7 Å². The maximum absolute atomic E-state index is 13.0. The highest BCUT2D eigenvalue weighted by molar-refractivity contribution is 7.18. The Labute approximate surface area is 159 Å². The number of nitrogens with one attached hydrogen (secondary N) is 1. The second-order valence-corrected chi connectivity index (χ2v) is 8.02. The van der Waals surface area contributed by atoms with E-state index in [0.29, 0.717) is 6.54 Å². The number of aromatic nitrogens is 1. The zero-order chi connectivity index (χ0) is 18.7. The first kappa shape index (κ1) is 18.5. The van der Waals surface area contributed by atoms with Crippen LogP contribution < -0.4 is 9.80 Å². The van der Waals surface area contributed by atoms with Gasteiger partial charge in [-0.2, -0.15) is 0 Å². The summed E-state index contributed by atoms with van der Waals surface area (Å²) < 4.78 is 1.20. The fraction of sp³-hybridized carbons (Fsp3) is 0.333. The summed E-state index contributed by atoms with van der Waals surface area (Å²) in [6, 6.07) is 18.4. The quantitative estimate of drug-likeness (QED) is 0.725. The molecule has 2 aromatic carbocycles. The molecule has 0 bridgehead atoms. The number of carbonyl (C=O) groups excluding carboxylic acids is 1. The molecule has 0 aliphatic rings. The molecule has 4 nitrogen and oxygen atoms in total. The number of para-hydroxylation sites is 2. The number of amides is 1. The van der Waals surface area contributed by atoms with Crippen LogP contribution in [0.5, 0.6) is 0 Å². The van der Waals surface area contributed by atoms with Crippen LogP contribution in [0.25, 0.3) is 10.2 Å². The van der Waals surface area contributed by atoms with Gasteiger partial charge in [0.2, 0.25) is 0 Å². The number of benzene rings is 2. The molecule has 2 atom stereocenters. The first-order chi connectivity index (χ1) is 12.5. The predicted octanol–water partition coefficient (Wildman–Crippen LogP) is 3.31. The zero-order valence-electron chi connectivity index (χ0n) is 15.8. The van der Waals surface area contributed by atoms with Crippen LogP contribution in [-0.2, 0) is 4.79 Å². The maximum Gasteiger partial charge on any atom is 0.282 e. The molecule has 0 saturated carbocycles. The van der Waals surface area contributed by atoms with Crippen LogP contribution in [0.4, 0.5) is 5.69 Å². The van der Waals surface area contributed by atoms with Gasteiger partial charge in [0.25, 0.3) is 5.91 Å². The highest BCUT2D eigenvalue weighted by Crippen LogP contribution is 2.24. The molecule has 0 spiro atoms. The lowest BCUT2D eigenvalue weighted by atomic mass is 10.2. The van der Waals surface area contributed by atoms with Crippen LogP contribution in [0.3, 0.4) is 0 Å². The van der Waals surface area contributed by atoms with Gasteiger partial charge in [-0.15, -0.1) is 11.3 Å². The number of fused-ring (bicyclic) bond motifs is 1. The van der Waals surface area contributed by atoms with E-state index >= 15 is 0 Å². The topological polar surface area (TPSA) is 37.6 Å². The molecule has 136 valence electrons. The predicted molar refractivity (Wildman–Crippen MR) is 109 cm³/mol. The monoisotopic (exact) mass is 368 g/mol. The second kappa shape index (κ2) is 7.98. The summed E-state index contributed by atoms with van der Waals surface area (Å²) in [5.74, 6) is 0.136. The van der Waals surface area contributed by atoms with E-state index < -0.39 is 0 Å². The number of rotatable bonds is 6. The third kappa shape index (κ3) is 3.94. The lowest BCUT2D eigenvalue weighted by molar-refractivity contribution is -0.902. The summed E-state index contributed by atoms with van der Waals surface area (Å²) in [5, 5.41) is 1.08. The van der Waals surface area contributed by atoms with Crippen LogP contribution in [-0.4, -0.2) is 30.5 Å². The maximum atomic E-state index is 13.0. The molecule has 0 fully saturated rings. The molecule has 1 heterocycles. The van der Waals surface area contributed by atoms with Crippen LogP contribution in [0.15, 0.2) is 54.6 Å². The van der Waals surface area contributed by atoms with Crippen molar-refractivity contribution in [3.8, 4) is 0 Å². The Kier molecular flexibility index (Phi) is 5.69. The Bertz CT molecular complexity index is 842. The number of carbonyl (C=O) groups is 1. The van der Waals surface area contributed by atoms with E-state index in [9.17, 15) is 4.79 Å². The van der Waals surface area contributed by atoms with E-state index in [2.05, 4.69) is 33.9 Å². The highest BCUT2D eigenvalue weighted by atomic mass is 32.1. The minimum absolute atomic E-state index is 0.121. The van der Waals surface area contributed by atoms with Gasteiger partial charge in [0.15, 0.2) is 11.6 Å². The van der Waals surface area contributed by atoms with Gasteiger partial charge >= 0.3 is 0 Å². The van der Waals surface area contributed by atoms with E-state index in [4.69, 9.17) is 4.98 Å². The molecule has 0 saturated heterocycles. The fourth-order valence-corrected chi connectivity index (χ4v) is 4.19.